The Hall–Kier alpha value is -2.22. The van der Waals surface area contributed by atoms with Crippen LogP contribution in [-0.2, 0) is 14.8 Å². The lowest BCUT2D eigenvalue weighted by Crippen LogP contribution is -2.34. The summed E-state index contributed by atoms with van der Waals surface area (Å²) in [7, 11) is -2.95. The summed E-state index contributed by atoms with van der Waals surface area (Å²) in [6, 6.07) is 5.96. The highest BCUT2D eigenvalue weighted by Crippen LogP contribution is 2.16. The Labute approximate surface area is 116 Å². The van der Waals surface area contributed by atoms with Crippen LogP contribution >= 0.6 is 0 Å². The average Bonchev–Trinajstić information content (AvgIpc) is 2.36. The van der Waals surface area contributed by atoms with Gasteiger partial charge in [-0.05, 0) is 26.0 Å². The van der Waals surface area contributed by atoms with Gasteiger partial charge in [0.25, 0.3) is 15.9 Å². The van der Waals surface area contributed by atoms with Gasteiger partial charge in [0.15, 0.2) is 0 Å². The molecule has 0 unspecified atom stereocenters. The predicted molar refractivity (Wildman–Crippen MR) is 71.9 cm³/mol. The molecule has 0 aromatic heterocycles. The van der Waals surface area contributed by atoms with Crippen LogP contribution < -0.4 is 0 Å². The van der Waals surface area contributed by atoms with Gasteiger partial charge in [-0.15, -0.1) is 0 Å². The number of aryl methyl sites for hydroxylation is 1. The molecular formula is C12H14N2O5S. The van der Waals surface area contributed by atoms with Gasteiger partial charge >= 0.3 is 0 Å². The van der Waals surface area contributed by atoms with E-state index in [4.69, 9.17) is 0 Å². The highest BCUT2D eigenvalue weighted by atomic mass is 32.2. The normalized spacial score (nSPS) is 12.1. The first-order valence-electron chi connectivity index (χ1n) is 5.58. The molecule has 0 atom stereocenters. The number of carbonyl (C=O) groups is 1. The summed E-state index contributed by atoms with van der Waals surface area (Å²) in [6.45, 7) is 2.99. The molecule has 0 saturated carbocycles. The molecule has 0 heterocycles. The lowest BCUT2D eigenvalue weighted by Gasteiger charge is -2.17. The summed E-state index contributed by atoms with van der Waals surface area (Å²) < 4.78 is 24.9. The van der Waals surface area contributed by atoms with Crippen LogP contribution in [0.3, 0.4) is 0 Å². The fourth-order valence-corrected chi connectivity index (χ4v) is 2.60. The van der Waals surface area contributed by atoms with E-state index in [1.165, 1.54) is 19.1 Å². The monoisotopic (exact) mass is 298 g/mol. The first-order chi connectivity index (χ1) is 9.16. The Morgan fingerprint density at radius 1 is 1.30 bits per heavy atom. The van der Waals surface area contributed by atoms with E-state index >= 15 is 0 Å². The summed E-state index contributed by atoms with van der Waals surface area (Å²) in [5.74, 6) is -0.942. The summed E-state index contributed by atoms with van der Waals surface area (Å²) in [4.78, 5) is 21.3. The van der Waals surface area contributed by atoms with E-state index in [-0.39, 0.29) is 10.5 Å². The minimum atomic E-state index is -4.02. The molecule has 20 heavy (non-hydrogen) atoms. The first kappa shape index (κ1) is 15.8. The van der Waals surface area contributed by atoms with Crippen LogP contribution in [0, 0.1) is 17.0 Å². The van der Waals surface area contributed by atoms with Crippen LogP contribution in [0.1, 0.15) is 12.5 Å². The Morgan fingerprint density at radius 3 is 2.25 bits per heavy atom. The summed E-state index contributed by atoms with van der Waals surface area (Å²) in [5.41, 5.74) is 0.607. The number of carbonyl (C=O) groups excluding carboxylic acids is 1. The maximum absolute atomic E-state index is 12.2. The molecule has 0 aliphatic heterocycles. The van der Waals surface area contributed by atoms with Gasteiger partial charge in [-0.1, -0.05) is 17.7 Å². The highest BCUT2D eigenvalue weighted by Gasteiger charge is 2.27. The van der Waals surface area contributed by atoms with E-state index in [9.17, 15) is 23.3 Å². The molecule has 0 fully saturated rings. The molecule has 0 radical (unpaired) electrons. The van der Waals surface area contributed by atoms with E-state index < -0.39 is 20.9 Å². The zero-order valence-electron chi connectivity index (χ0n) is 11.2. The molecule has 0 aliphatic rings. The molecule has 1 amide bonds. The molecule has 0 aliphatic carbocycles. The van der Waals surface area contributed by atoms with Crippen LogP contribution in [0.5, 0.6) is 0 Å². The van der Waals surface area contributed by atoms with Gasteiger partial charge in [0.2, 0.25) is 6.20 Å². The zero-order chi connectivity index (χ0) is 15.5. The number of nitrogens with zero attached hydrogens (tertiary/aromatic N) is 2. The molecule has 108 valence electrons. The fourth-order valence-electron chi connectivity index (χ4n) is 1.44. The number of nitro groups is 1. The number of amides is 1. The summed E-state index contributed by atoms with van der Waals surface area (Å²) in [6.07, 6.45) is 0.476. The number of rotatable bonds is 4. The Balaban J connectivity index is 3.13. The van der Waals surface area contributed by atoms with Crippen molar-refractivity contribution in [3.8, 4) is 0 Å². The van der Waals surface area contributed by atoms with Crippen LogP contribution in [-0.4, -0.2) is 30.6 Å². The number of hydrogen-bond acceptors (Lipinski definition) is 5. The number of likely N-dealkylation sites (N-methyl/N-ethyl adjacent to an activating group) is 1. The van der Waals surface area contributed by atoms with Crippen LogP contribution in [0.4, 0.5) is 0 Å². The molecule has 0 N–H and O–H groups in total. The van der Waals surface area contributed by atoms with Crippen molar-refractivity contribution in [2.75, 3.05) is 7.05 Å². The van der Waals surface area contributed by atoms with Gasteiger partial charge < -0.3 is 0 Å². The third kappa shape index (κ3) is 3.41. The molecule has 1 rings (SSSR count). The minimum absolute atomic E-state index is 0.0483. The highest BCUT2D eigenvalue weighted by molar-refractivity contribution is 7.89. The topological polar surface area (TPSA) is 97.6 Å². The Kier molecular flexibility index (Phi) is 4.61. The molecular weight excluding hydrogens is 284 g/mol. The predicted octanol–water partition coefficient (Wildman–Crippen LogP) is 1.32. The van der Waals surface area contributed by atoms with Crippen LogP contribution in [0.2, 0.25) is 0 Å². The molecule has 0 saturated heterocycles. The van der Waals surface area contributed by atoms with Crippen molar-refractivity contribution in [3.63, 3.8) is 0 Å². The molecule has 1 aromatic rings. The van der Waals surface area contributed by atoms with Crippen molar-refractivity contribution < 1.29 is 18.1 Å². The van der Waals surface area contributed by atoms with E-state index in [1.54, 1.807) is 19.1 Å². The lowest BCUT2D eigenvalue weighted by molar-refractivity contribution is -0.403. The Morgan fingerprint density at radius 2 is 1.80 bits per heavy atom. The second-order valence-corrected chi connectivity index (χ2v) is 6.16. The second-order valence-electron chi connectivity index (χ2n) is 4.19. The molecule has 0 spiro atoms. The van der Waals surface area contributed by atoms with E-state index in [1.807, 2.05) is 0 Å². The maximum Gasteiger partial charge on any atom is 0.269 e. The van der Waals surface area contributed by atoms with Crippen molar-refractivity contribution >= 4 is 15.9 Å². The summed E-state index contributed by atoms with van der Waals surface area (Å²) >= 11 is 0. The second kappa shape index (κ2) is 5.83. The zero-order valence-corrected chi connectivity index (χ0v) is 12.0. The van der Waals surface area contributed by atoms with Gasteiger partial charge in [0.1, 0.15) is 0 Å². The number of benzene rings is 1. The maximum atomic E-state index is 12.2. The van der Waals surface area contributed by atoms with Gasteiger partial charge in [-0.3, -0.25) is 14.9 Å². The smallest absolute Gasteiger partial charge is 0.268 e. The molecule has 8 heteroatoms. The standard InChI is InChI=1S/C12H14N2O5S/c1-9-4-6-11(7-5-9)20(18,19)13(3)12(15)10(2)8-14(16)17/h4-8H,1-3H3/b10-8-. The average molecular weight is 298 g/mol. The van der Waals surface area contributed by atoms with Crippen molar-refractivity contribution in [3.05, 3.63) is 51.7 Å². The SMILES string of the molecule is C/C(=C/[N+](=O)[O-])C(=O)N(C)S(=O)(=O)c1ccc(C)cc1. The van der Waals surface area contributed by atoms with Gasteiger partial charge in [0.05, 0.1) is 15.4 Å². The summed E-state index contributed by atoms with van der Waals surface area (Å²) in [5, 5.41) is 10.3. The van der Waals surface area contributed by atoms with E-state index in [2.05, 4.69) is 0 Å². The van der Waals surface area contributed by atoms with Crippen LogP contribution in [0.15, 0.2) is 40.9 Å². The largest absolute Gasteiger partial charge is 0.269 e. The lowest BCUT2D eigenvalue weighted by atomic mass is 10.2. The van der Waals surface area contributed by atoms with Crippen molar-refractivity contribution in [2.45, 2.75) is 18.7 Å². The third-order valence-corrected chi connectivity index (χ3v) is 4.36. The molecule has 7 nitrogen and oxygen atoms in total. The van der Waals surface area contributed by atoms with Crippen molar-refractivity contribution in [2.24, 2.45) is 0 Å². The van der Waals surface area contributed by atoms with E-state index in [0.29, 0.717) is 10.5 Å². The first-order valence-corrected chi connectivity index (χ1v) is 7.02. The van der Waals surface area contributed by atoms with Crippen LogP contribution in [0.25, 0.3) is 0 Å². The van der Waals surface area contributed by atoms with Crippen molar-refractivity contribution in [1.29, 1.82) is 0 Å². The minimum Gasteiger partial charge on any atom is -0.268 e. The molecule has 0 bridgehead atoms. The molecule has 1 aromatic carbocycles. The van der Waals surface area contributed by atoms with E-state index in [0.717, 1.165) is 12.6 Å². The van der Waals surface area contributed by atoms with Gasteiger partial charge in [-0.25, -0.2) is 12.7 Å². The number of sulfonamides is 1. The fraction of sp³-hybridized carbons (Fsp3) is 0.250. The quantitative estimate of drug-likeness (QED) is 0.474. The van der Waals surface area contributed by atoms with Gasteiger partial charge in [-0.2, -0.15) is 0 Å². The Bertz CT molecular complexity index is 662. The third-order valence-electron chi connectivity index (χ3n) is 2.60. The van der Waals surface area contributed by atoms with Gasteiger partial charge in [0, 0.05) is 7.05 Å². The van der Waals surface area contributed by atoms with Crippen molar-refractivity contribution in [1.82, 2.24) is 4.31 Å². The number of hydrogen-bond donors (Lipinski definition) is 0.